The van der Waals surface area contributed by atoms with E-state index in [-0.39, 0.29) is 11.3 Å². The Balaban J connectivity index is 1.33. The van der Waals surface area contributed by atoms with Crippen molar-refractivity contribution >= 4 is 11.8 Å². The summed E-state index contributed by atoms with van der Waals surface area (Å²) in [5.74, 6) is 0.861. The van der Waals surface area contributed by atoms with Crippen molar-refractivity contribution in [1.29, 1.82) is 0 Å². The molecule has 1 aromatic rings. The van der Waals surface area contributed by atoms with Gasteiger partial charge < -0.3 is 9.80 Å². The van der Waals surface area contributed by atoms with Crippen molar-refractivity contribution in [1.82, 2.24) is 9.80 Å². The average Bonchev–Trinajstić information content (AvgIpc) is 3.40. The van der Waals surface area contributed by atoms with Gasteiger partial charge in [-0.2, -0.15) is 0 Å². The Bertz CT molecular complexity index is 641. The van der Waals surface area contributed by atoms with Gasteiger partial charge >= 0.3 is 0 Å². The van der Waals surface area contributed by atoms with E-state index < -0.39 is 0 Å². The Hall–Kier alpha value is -1.84. The second-order valence-electron chi connectivity index (χ2n) is 8.05. The van der Waals surface area contributed by atoms with Crippen molar-refractivity contribution < 1.29 is 9.59 Å². The van der Waals surface area contributed by atoms with Crippen LogP contribution in [0.25, 0.3) is 0 Å². The summed E-state index contributed by atoms with van der Waals surface area (Å²) in [4.78, 5) is 29.5. The Morgan fingerprint density at radius 2 is 1.92 bits per heavy atom. The van der Waals surface area contributed by atoms with Crippen LogP contribution in [0.5, 0.6) is 0 Å². The molecule has 1 atom stereocenters. The maximum Gasteiger partial charge on any atom is 0.230 e. The summed E-state index contributed by atoms with van der Waals surface area (Å²) in [5, 5.41) is 0. The molecule has 1 aliphatic carbocycles. The van der Waals surface area contributed by atoms with Crippen molar-refractivity contribution in [3.05, 3.63) is 35.9 Å². The number of benzene rings is 1. The number of piperidine rings is 1. The molecule has 2 saturated heterocycles. The van der Waals surface area contributed by atoms with Crippen LogP contribution in [0.1, 0.15) is 44.1 Å². The van der Waals surface area contributed by atoms with E-state index in [0.717, 1.165) is 64.6 Å². The van der Waals surface area contributed by atoms with E-state index >= 15 is 0 Å². The Kier molecular flexibility index (Phi) is 4.53. The first-order chi connectivity index (χ1) is 12.2. The molecule has 2 heterocycles. The second-order valence-corrected chi connectivity index (χ2v) is 8.05. The average molecular weight is 340 g/mol. The fraction of sp³-hybridized carbons (Fsp3) is 0.619. The Morgan fingerprint density at radius 3 is 2.68 bits per heavy atom. The van der Waals surface area contributed by atoms with Gasteiger partial charge in [0.25, 0.3) is 0 Å². The maximum atomic E-state index is 13.1. The van der Waals surface area contributed by atoms with Crippen molar-refractivity contribution in [2.75, 3.05) is 26.2 Å². The molecule has 2 aliphatic heterocycles. The number of aryl methyl sites for hydroxylation is 1. The highest BCUT2D eigenvalue weighted by Gasteiger charge is 2.50. The van der Waals surface area contributed by atoms with E-state index in [1.54, 1.807) is 0 Å². The van der Waals surface area contributed by atoms with Crippen LogP contribution in [0.2, 0.25) is 0 Å². The van der Waals surface area contributed by atoms with E-state index in [0.29, 0.717) is 18.4 Å². The number of rotatable bonds is 5. The molecule has 3 fully saturated rings. The third kappa shape index (κ3) is 3.44. The molecular formula is C21H28N2O2. The minimum absolute atomic E-state index is 0.260. The molecule has 134 valence electrons. The zero-order chi connectivity index (χ0) is 17.3. The van der Waals surface area contributed by atoms with Gasteiger partial charge in [-0.15, -0.1) is 0 Å². The van der Waals surface area contributed by atoms with E-state index in [1.165, 1.54) is 5.56 Å². The first-order valence-corrected chi connectivity index (χ1v) is 9.80. The lowest BCUT2D eigenvalue weighted by Gasteiger charge is -2.39. The van der Waals surface area contributed by atoms with Crippen LogP contribution in [0, 0.1) is 11.3 Å². The van der Waals surface area contributed by atoms with E-state index in [1.807, 2.05) is 11.0 Å². The molecule has 0 radical (unpaired) electrons. The van der Waals surface area contributed by atoms with Crippen molar-refractivity contribution in [3.63, 3.8) is 0 Å². The smallest absolute Gasteiger partial charge is 0.230 e. The van der Waals surface area contributed by atoms with Gasteiger partial charge in [0.2, 0.25) is 11.8 Å². The van der Waals surface area contributed by atoms with Crippen LogP contribution in [0.3, 0.4) is 0 Å². The molecular weight excluding hydrogens is 312 g/mol. The highest BCUT2D eigenvalue weighted by Crippen LogP contribution is 2.42. The lowest BCUT2D eigenvalue weighted by Crippen LogP contribution is -2.50. The molecule has 4 rings (SSSR count). The molecule has 1 saturated carbocycles. The van der Waals surface area contributed by atoms with Crippen molar-refractivity contribution in [3.8, 4) is 0 Å². The first-order valence-electron chi connectivity index (χ1n) is 9.80. The van der Waals surface area contributed by atoms with E-state index in [4.69, 9.17) is 0 Å². The van der Waals surface area contributed by atoms with Crippen LogP contribution in [0.15, 0.2) is 30.3 Å². The molecule has 3 aliphatic rings. The van der Waals surface area contributed by atoms with Gasteiger partial charge in [0, 0.05) is 32.1 Å². The standard InChI is InChI=1S/C21H28N2O2/c24-19(18-9-10-18)23-15-12-21(16-23)11-5-14-22(20(21)25)13-4-8-17-6-2-1-3-7-17/h1-3,6-7,18H,4-5,8-16H2/t21-/m1/s1. The van der Waals surface area contributed by atoms with Crippen LogP contribution in [0.4, 0.5) is 0 Å². The third-order valence-electron chi connectivity index (χ3n) is 6.15. The van der Waals surface area contributed by atoms with Gasteiger partial charge in [0.15, 0.2) is 0 Å². The summed E-state index contributed by atoms with van der Waals surface area (Å²) >= 11 is 0. The molecule has 4 heteroatoms. The van der Waals surface area contributed by atoms with Gasteiger partial charge in [-0.1, -0.05) is 30.3 Å². The molecule has 0 aromatic heterocycles. The normalized spacial score (nSPS) is 26.5. The number of likely N-dealkylation sites (tertiary alicyclic amines) is 2. The summed E-state index contributed by atoms with van der Waals surface area (Å²) in [6.45, 7) is 3.16. The molecule has 0 unspecified atom stereocenters. The quantitative estimate of drug-likeness (QED) is 0.827. The number of carbonyl (C=O) groups is 2. The summed E-state index contributed by atoms with van der Waals surface area (Å²) in [7, 11) is 0. The van der Waals surface area contributed by atoms with Gasteiger partial charge in [0.1, 0.15) is 0 Å². The third-order valence-corrected chi connectivity index (χ3v) is 6.15. The molecule has 2 amide bonds. The summed E-state index contributed by atoms with van der Waals surface area (Å²) in [6.07, 6.45) is 7.00. The Morgan fingerprint density at radius 1 is 1.12 bits per heavy atom. The zero-order valence-electron chi connectivity index (χ0n) is 15.0. The number of amides is 2. The number of carbonyl (C=O) groups excluding carboxylic acids is 2. The van der Waals surface area contributed by atoms with Crippen molar-refractivity contribution in [2.24, 2.45) is 11.3 Å². The highest BCUT2D eigenvalue weighted by atomic mass is 16.2. The van der Waals surface area contributed by atoms with E-state index in [2.05, 4.69) is 29.2 Å². The first kappa shape index (κ1) is 16.6. The topological polar surface area (TPSA) is 40.6 Å². The molecule has 0 N–H and O–H groups in total. The van der Waals surface area contributed by atoms with Crippen molar-refractivity contribution in [2.45, 2.75) is 44.9 Å². The molecule has 0 bridgehead atoms. The van der Waals surface area contributed by atoms with Gasteiger partial charge in [0.05, 0.1) is 5.41 Å². The predicted molar refractivity (Wildman–Crippen MR) is 96.9 cm³/mol. The fourth-order valence-corrected chi connectivity index (χ4v) is 4.51. The van der Waals surface area contributed by atoms with Gasteiger partial charge in [-0.3, -0.25) is 9.59 Å². The SMILES string of the molecule is O=C(C1CC1)N1CC[C@]2(CCCN(CCCc3ccccc3)C2=O)C1. The highest BCUT2D eigenvalue weighted by molar-refractivity contribution is 5.87. The molecule has 25 heavy (non-hydrogen) atoms. The molecule has 1 spiro atoms. The summed E-state index contributed by atoms with van der Waals surface area (Å²) < 4.78 is 0. The lowest BCUT2D eigenvalue weighted by atomic mass is 9.78. The van der Waals surface area contributed by atoms with Crippen LogP contribution in [-0.2, 0) is 16.0 Å². The summed E-state index contributed by atoms with van der Waals surface area (Å²) in [5.41, 5.74) is 1.05. The monoisotopic (exact) mass is 340 g/mol. The predicted octanol–water partition coefficient (Wildman–Crippen LogP) is 2.87. The zero-order valence-corrected chi connectivity index (χ0v) is 15.0. The second kappa shape index (κ2) is 6.81. The molecule has 1 aromatic carbocycles. The number of nitrogens with zero attached hydrogens (tertiary/aromatic N) is 2. The minimum atomic E-state index is -0.282. The number of hydrogen-bond acceptors (Lipinski definition) is 2. The van der Waals surface area contributed by atoms with E-state index in [9.17, 15) is 9.59 Å². The number of hydrogen-bond donors (Lipinski definition) is 0. The largest absolute Gasteiger partial charge is 0.342 e. The molecule has 4 nitrogen and oxygen atoms in total. The Labute approximate surface area is 150 Å². The van der Waals surface area contributed by atoms with Crippen LogP contribution in [-0.4, -0.2) is 47.8 Å². The lowest BCUT2D eigenvalue weighted by molar-refractivity contribution is -0.146. The minimum Gasteiger partial charge on any atom is -0.342 e. The summed E-state index contributed by atoms with van der Waals surface area (Å²) in [6, 6.07) is 10.5. The van der Waals surface area contributed by atoms with Gasteiger partial charge in [-0.05, 0) is 50.5 Å². The fourth-order valence-electron chi connectivity index (χ4n) is 4.51. The van der Waals surface area contributed by atoms with Crippen LogP contribution >= 0.6 is 0 Å². The van der Waals surface area contributed by atoms with Gasteiger partial charge in [-0.25, -0.2) is 0 Å². The maximum absolute atomic E-state index is 13.1. The van der Waals surface area contributed by atoms with Crippen LogP contribution < -0.4 is 0 Å².